The first-order valence-electron chi connectivity index (χ1n) is 12.7. The van der Waals surface area contributed by atoms with E-state index in [0.29, 0.717) is 49.1 Å². The number of hydrogen-bond donors (Lipinski definition) is 5. The Morgan fingerprint density at radius 2 is 1.79 bits per heavy atom. The lowest BCUT2D eigenvalue weighted by molar-refractivity contribution is 0.576. The number of benzene rings is 3. The fourth-order valence-electron chi connectivity index (χ4n) is 4.52. The summed E-state index contributed by atoms with van der Waals surface area (Å²) in [5, 5.41) is 18.4. The van der Waals surface area contributed by atoms with E-state index >= 15 is 0 Å². The Labute approximate surface area is 233 Å². The topological polar surface area (TPSA) is 96.8 Å². The van der Waals surface area contributed by atoms with Crippen LogP contribution in [0.3, 0.4) is 0 Å². The molecule has 1 unspecified atom stereocenters. The quantitative estimate of drug-likeness (QED) is 0.163. The summed E-state index contributed by atoms with van der Waals surface area (Å²) in [6.07, 6.45) is 2.33. The Balaban J connectivity index is 1.65. The number of nitrogens with zero attached hydrogens (tertiary/aromatic N) is 2. The molecule has 0 aliphatic carbocycles. The zero-order chi connectivity index (χ0) is 27.6. The second kappa shape index (κ2) is 11.2. The van der Waals surface area contributed by atoms with E-state index in [9.17, 15) is 6.63 Å². The van der Waals surface area contributed by atoms with E-state index in [1.54, 1.807) is 18.2 Å². The van der Waals surface area contributed by atoms with Gasteiger partial charge in [-0.1, -0.05) is 78.7 Å². The number of hydrazine groups is 2. The molecule has 0 amide bonds. The molecule has 0 spiro atoms. The Morgan fingerprint density at radius 1 is 1.03 bits per heavy atom. The molecular weight excluding hydrogens is 517 g/mol. The second-order valence-corrected chi connectivity index (χ2v) is 9.70. The number of hydrogen-bond acceptors (Lipinski definition) is 7. The molecular formula is C29H27Cl2N7. The number of halogens is 2. The molecule has 0 saturated carbocycles. The molecule has 3 aromatic carbocycles. The Hall–Kier alpha value is -3.96. The third-order valence-electron chi connectivity index (χ3n) is 6.45. The molecule has 9 heteroatoms. The zero-order valence-corrected chi connectivity index (χ0v) is 22.4. The lowest BCUT2D eigenvalue weighted by Crippen LogP contribution is -2.34. The van der Waals surface area contributed by atoms with Crippen molar-refractivity contribution >= 4 is 45.5 Å². The van der Waals surface area contributed by atoms with Gasteiger partial charge in [-0.05, 0) is 42.7 Å². The summed E-state index contributed by atoms with van der Waals surface area (Å²) in [6, 6.07) is 21.6. The van der Waals surface area contributed by atoms with Gasteiger partial charge in [0.15, 0.2) is 0 Å². The van der Waals surface area contributed by atoms with Crippen LogP contribution in [0.5, 0.6) is 0 Å². The Bertz CT molecular complexity index is 1600. The highest BCUT2D eigenvalue weighted by Crippen LogP contribution is 2.38. The van der Waals surface area contributed by atoms with E-state index in [2.05, 4.69) is 57.1 Å². The lowest BCUT2D eigenvalue weighted by atomic mass is 10.0. The van der Waals surface area contributed by atoms with Crippen LogP contribution in [-0.2, 0) is 0 Å². The number of allylic oxidation sites excluding steroid dienone is 1. The third kappa shape index (κ3) is 5.07. The lowest BCUT2D eigenvalue weighted by Gasteiger charge is -2.24. The van der Waals surface area contributed by atoms with E-state index in [1.165, 1.54) is 6.20 Å². The van der Waals surface area contributed by atoms with Crippen molar-refractivity contribution in [3.63, 3.8) is 0 Å². The van der Waals surface area contributed by atoms with Gasteiger partial charge in [0.2, 0.25) is 0 Å². The third-order valence-corrected chi connectivity index (χ3v) is 7.07. The maximum absolute atomic E-state index is 9.96. The molecule has 2 atom stereocenters. The van der Waals surface area contributed by atoms with Crippen LogP contribution in [0.4, 0.5) is 11.4 Å². The van der Waals surface area contributed by atoms with Crippen LogP contribution < -0.4 is 27.0 Å². The maximum atomic E-state index is 9.96. The number of rotatable bonds is 8. The SMILES string of the molecule is [2H]C(Nc1cc(Cl)c2ncc(C#N)c(N[C@H](CC)c3ccccc3)c2c1)(C1=C(C)NNN1)c1ccccc1Cl. The van der Waals surface area contributed by atoms with Crippen molar-refractivity contribution in [2.75, 3.05) is 10.6 Å². The molecule has 5 rings (SSSR count). The maximum Gasteiger partial charge on any atom is 0.103 e. The molecule has 192 valence electrons. The van der Waals surface area contributed by atoms with Gasteiger partial charge >= 0.3 is 0 Å². The van der Waals surface area contributed by atoms with Crippen LogP contribution in [0.2, 0.25) is 10.0 Å². The highest BCUT2D eigenvalue weighted by Gasteiger charge is 2.25. The Kier molecular flexibility index (Phi) is 7.18. The normalized spacial score (nSPS) is 15.6. The number of aromatic nitrogens is 1. The molecule has 4 aromatic rings. The van der Waals surface area contributed by atoms with Crippen LogP contribution in [0, 0.1) is 11.3 Å². The van der Waals surface area contributed by atoms with Gasteiger partial charge in [-0.3, -0.25) is 4.98 Å². The van der Waals surface area contributed by atoms with Crippen molar-refractivity contribution in [1.29, 1.82) is 5.26 Å². The van der Waals surface area contributed by atoms with E-state index in [0.717, 1.165) is 17.7 Å². The molecule has 7 nitrogen and oxygen atoms in total. The molecule has 0 fully saturated rings. The highest BCUT2D eigenvalue weighted by molar-refractivity contribution is 6.36. The summed E-state index contributed by atoms with van der Waals surface area (Å²) in [6.45, 7) is 3.95. The first kappa shape index (κ1) is 24.4. The fourth-order valence-corrected chi connectivity index (χ4v) is 5.02. The second-order valence-electron chi connectivity index (χ2n) is 8.88. The van der Waals surface area contributed by atoms with Gasteiger partial charge in [0, 0.05) is 28.0 Å². The molecule has 2 heterocycles. The van der Waals surface area contributed by atoms with Crippen molar-refractivity contribution in [2.45, 2.75) is 32.3 Å². The van der Waals surface area contributed by atoms with Crippen LogP contribution in [0.15, 0.2) is 84.3 Å². The molecule has 1 aromatic heterocycles. The van der Waals surface area contributed by atoms with E-state index < -0.39 is 6.02 Å². The van der Waals surface area contributed by atoms with Crippen molar-refractivity contribution in [1.82, 2.24) is 21.4 Å². The van der Waals surface area contributed by atoms with Gasteiger partial charge in [-0.25, -0.2) is 0 Å². The molecule has 1 aliphatic rings. The largest absolute Gasteiger partial charge is 0.377 e. The number of nitrogens with one attached hydrogen (secondary N) is 5. The average Bonchev–Trinajstić information content (AvgIpc) is 3.39. The highest BCUT2D eigenvalue weighted by atomic mass is 35.5. The van der Waals surface area contributed by atoms with Gasteiger partial charge in [-0.2, -0.15) is 10.8 Å². The molecule has 38 heavy (non-hydrogen) atoms. The van der Waals surface area contributed by atoms with Gasteiger partial charge in [-0.15, -0.1) is 0 Å². The zero-order valence-electron chi connectivity index (χ0n) is 21.9. The first-order chi connectivity index (χ1) is 18.9. The first-order valence-corrected chi connectivity index (χ1v) is 13.0. The minimum Gasteiger partial charge on any atom is -0.377 e. The predicted molar refractivity (Wildman–Crippen MR) is 154 cm³/mol. The van der Waals surface area contributed by atoms with Crippen LogP contribution in [0.25, 0.3) is 10.9 Å². The van der Waals surface area contributed by atoms with Gasteiger partial charge < -0.3 is 21.5 Å². The van der Waals surface area contributed by atoms with Crippen molar-refractivity contribution in [2.24, 2.45) is 0 Å². The van der Waals surface area contributed by atoms with Gasteiger partial charge in [0.05, 0.1) is 40.9 Å². The fraction of sp³-hybridized carbons (Fsp3) is 0.172. The van der Waals surface area contributed by atoms with Crippen molar-refractivity contribution in [3.8, 4) is 6.07 Å². The number of fused-ring (bicyclic) bond motifs is 1. The summed E-state index contributed by atoms with van der Waals surface area (Å²) < 4.78 is 9.61. The predicted octanol–water partition coefficient (Wildman–Crippen LogP) is 6.97. The van der Waals surface area contributed by atoms with Crippen molar-refractivity contribution < 1.29 is 1.37 Å². The van der Waals surface area contributed by atoms with E-state index in [-0.39, 0.29) is 6.04 Å². The van der Waals surface area contributed by atoms with Gasteiger partial charge in [0.1, 0.15) is 6.07 Å². The molecule has 5 N–H and O–H groups in total. The molecule has 0 saturated heterocycles. The smallest absolute Gasteiger partial charge is 0.103 e. The van der Waals surface area contributed by atoms with Crippen LogP contribution in [0.1, 0.15) is 50.4 Å². The molecule has 1 aliphatic heterocycles. The monoisotopic (exact) mass is 544 g/mol. The summed E-state index contributed by atoms with van der Waals surface area (Å²) in [4.78, 5) is 4.49. The van der Waals surface area contributed by atoms with Gasteiger partial charge in [0.25, 0.3) is 0 Å². The molecule has 0 radical (unpaired) electrons. The standard InChI is InChI=1S/C29H27Cl2N7/c1-3-25(18-9-5-4-6-10-18)35-27-19(15-32)16-33-28-22(27)13-20(14-24(28)31)34-29(26-17(2)36-38-37-26)21-11-7-8-12-23(21)30/h4-14,16,25,29,34,36-38H,3H2,1-2H3,(H,33,35)/t25-,29?/m1/s1/i29D. The van der Waals surface area contributed by atoms with Crippen LogP contribution in [-0.4, -0.2) is 4.98 Å². The van der Waals surface area contributed by atoms with E-state index in [1.807, 2.05) is 43.3 Å². The summed E-state index contributed by atoms with van der Waals surface area (Å²) in [5.74, 6) is 0. The average molecular weight is 545 g/mol. The minimum absolute atomic E-state index is 0.0367. The van der Waals surface area contributed by atoms with Crippen molar-refractivity contribution in [3.05, 3.63) is 111 Å². The van der Waals surface area contributed by atoms with E-state index in [4.69, 9.17) is 23.2 Å². The summed E-state index contributed by atoms with van der Waals surface area (Å²) in [5.41, 5.74) is 14.0. The minimum atomic E-state index is -1.51. The number of nitriles is 1. The Morgan fingerprint density at radius 3 is 2.47 bits per heavy atom. The number of pyridine rings is 1. The van der Waals surface area contributed by atoms with Crippen LogP contribution >= 0.6 is 23.2 Å². The molecule has 0 bridgehead atoms. The summed E-state index contributed by atoms with van der Waals surface area (Å²) in [7, 11) is 0. The summed E-state index contributed by atoms with van der Waals surface area (Å²) >= 11 is 13.3. The number of anilines is 2.